The lowest BCUT2D eigenvalue weighted by Gasteiger charge is -2.07. The molecule has 0 aliphatic carbocycles. The lowest BCUT2D eigenvalue weighted by Crippen LogP contribution is -2.27. The molecule has 6 heteroatoms. The van der Waals surface area contributed by atoms with Crippen LogP contribution in [0.4, 0.5) is 4.39 Å². The second-order valence-corrected chi connectivity index (χ2v) is 5.67. The second-order valence-electron chi connectivity index (χ2n) is 4.81. The lowest BCUT2D eigenvalue weighted by atomic mass is 10.2. The first kappa shape index (κ1) is 16.6. The third-order valence-electron chi connectivity index (χ3n) is 3.05. The van der Waals surface area contributed by atoms with Crippen molar-refractivity contribution in [3.05, 3.63) is 64.1 Å². The largest absolute Gasteiger partial charge is 0.352 e. The van der Waals surface area contributed by atoms with Gasteiger partial charge in [-0.15, -0.1) is 0 Å². The van der Waals surface area contributed by atoms with E-state index in [1.54, 1.807) is 24.5 Å². The molecule has 2 aromatic rings. The van der Waals surface area contributed by atoms with E-state index < -0.39 is 0 Å². The number of benzene rings is 1. The van der Waals surface area contributed by atoms with Crippen molar-refractivity contribution in [3.8, 4) is 0 Å². The molecule has 0 fully saturated rings. The molecule has 0 radical (unpaired) electrons. The summed E-state index contributed by atoms with van der Waals surface area (Å²) in [6.45, 7) is 1.64. The molecule has 2 N–H and O–H groups in total. The van der Waals surface area contributed by atoms with Crippen molar-refractivity contribution in [1.29, 1.82) is 0 Å². The highest BCUT2D eigenvalue weighted by Gasteiger charge is 2.03. The van der Waals surface area contributed by atoms with Gasteiger partial charge in [-0.2, -0.15) is 0 Å². The highest BCUT2D eigenvalue weighted by molar-refractivity contribution is 9.10. The van der Waals surface area contributed by atoms with E-state index in [2.05, 4.69) is 31.5 Å². The van der Waals surface area contributed by atoms with Crippen LogP contribution in [0.5, 0.6) is 0 Å². The Bertz CT molecular complexity index is 622. The van der Waals surface area contributed by atoms with Gasteiger partial charge in [-0.1, -0.05) is 12.1 Å². The zero-order valence-electron chi connectivity index (χ0n) is 12.0. The lowest BCUT2D eigenvalue weighted by molar-refractivity contribution is -0.121. The molecular formula is C16H17BrFN3O. The molecular weight excluding hydrogens is 349 g/mol. The summed E-state index contributed by atoms with van der Waals surface area (Å²) in [4.78, 5) is 15.7. The van der Waals surface area contributed by atoms with Gasteiger partial charge in [0.2, 0.25) is 5.91 Å². The molecule has 0 aliphatic rings. The number of carbonyl (C=O) groups excluding carboxylic acids is 1. The SMILES string of the molecule is O=C(CCNCc1ccc(F)c(Br)c1)NCc1cccnc1. The van der Waals surface area contributed by atoms with Gasteiger partial charge in [0, 0.05) is 38.4 Å². The summed E-state index contributed by atoms with van der Waals surface area (Å²) >= 11 is 3.15. The smallest absolute Gasteiger partial charge is 0.221 e. The predicted molar refractivity (Wildman–Crippen MR) is 86.5 cm³/mol. The Kier molecular flexibility index (Phi) is 6.48. The number of pyridine rings is 1. The molecule has 0 unspecified atom stereocenters. The van der Waals surface area contributed by atoms with E-state index in [4.69, 9.17) is 0 Å². The fourth-order valence-corrected chi connectivity index (χ4v) is 2.30. The first-order valence-corrected chi connectivity index (χ1v) is 7.74. The first-order valence-electron chi connectivity index (χ1n) is 6.95. The molecule has 0 saturated carbocycles. The summed E-state index contributed by atoms with van der Waals surface area (Å²) in [6.07, 6.45) is 3.82. The third-order valence-corrected chi connectivity index (χ3v) is 3.66. The molecule has 22 heavy (non-hydrogen) atoms. The van der Waals surface area contributed by atoms with E-state index in [0.717, 1.165) is 11.1 Å². The number of carbonyl (C=O) groups is 1. The number of rotatable bonds is 7. The Morgan fingerprint density at radius 2 is 2.09 bits per heavy atom. The summed E-state index contributed by atoms with van der Waals surface area (Å²) in [7, 11) is 0. The molecule has 4 nitrogen and oxygen atoms in total. The second kappa shape index (κ2) is 8.60. The number of nitrogens with one attached hydrogen (secondary N) is 2. The number of aromatic nitrogens is 1. The maximum absolute atomic E-state index is 13.1. The number of halogens is 2. The number of hydrogen-bond acceptors (Lipinski definition) is 3. The van der Waals surface area contributed by atoms with Gasteiger partial charge in [0.05, 0.1) is 4.47 Å². The van der Waals surface area contributed by atoms with Crippen LogP contribution in [0.2, 0.25) is 0 Å². The molecule has 0 aliphatic heterocycles. The minimum atomic E-state index is -0.279. The van der Waals surface area contributed by atoms with Crippen LogP contribution in [-0.2, 0) is 17.9 Å². The van der Waals surface area contributed by atoms with Gasteiger partial charge in [-0.05, 0) is 45.3 Å². The molecule has 0 atom stereocenters. The Morgan fingerprint density at radius 1 is 1.23 bits per heavy atom. The van der Waals surface area contributed by atoms with Gasteiger partial charge < -0.3 is 10.6 Å². The minimum Gasteiger partial charge on any atom is -0.352 e. The fraction of sp³-hybridized carbons (Fsp3) is 0.250. The Hall–Kier alpha value is -1.79. The molecule has 116 valence electrons. The normalized spacial score (nSPS) is 10.5. The molecule has 0 saturated heterocycles. The number of nitrogens with zero attached hydrogens (tertiary/aromatic N) is 1. The topological polar surface area (TPSA) is 54.0 Å². The van der Waals surface area contributed by atoms with E-state index in [9.17, 15) is 9.18 Å². The van der Waals surface area contributed by atoms with Crippen molar-refractivity contribution >= 4 is 21.8 Å². The monoisotopic (exact) mass is 365 g/mol. The summed E-state index contributed by atoms with van der Waals surface area (Å²) in [5.74, 6) is -0.296. The molecule has 2 rings (SSSR count). The van der Waals surface area contributed by atoms with Crippen LogP contribution in [0.15, 0.2) is 47.2 Å². The van der Waals surface area contributed by atoms with Crippen molar-refractivity contribution in [2.45, 2.75) is 19.5 Å². The summed E-state index contributed by atoms with van der Waals surface area (Å²) in [5.41, 5.74) is 1.93. The zero-order valence-corrected chi connectivity index (χ0v) is 13.6. The highest BCUT2D eigenvalue weighted by Crippen LogP contribution is 2.16. The van der Waals surface area contributed by atoms with Crippen LogP contribution < -0.4 is 10.6 Å². The van der Waals surface area contributed by atoms with Gasteiger partial charge >= 0.3 is 0 Å². The Balaban J connectivity index is 1.63. The van der Waals surface area contributed by atoms with Crippen molar-refractivity contribution < 1.29 is 9.18 Å². The van der Waals surface area contributed by atoms with Crippen LogP contribution >= 0.6 is 15.9 Å². The summed E-state index contributed by atoms with van der Waals surface area (Å²) in [5, 5.41) is 6.00. The van der Waals surface area contributed by atoms with Crippen molar-refractivity contribution in [2.75, 3.05) is 6.54 Å². The van der Waals surface area contributed by atoms with E-state index in [-0.39, 0.29) is 11.7 Å². The maximum atomic E-state index is 13.1. The molecule has 1 aromatic heterocycles. The molecule has 0 spiro atoms. The van der Waals surface area contributed by atoms with Crippen LogP contribution in [0.25, 0.3) is 0 Å². The third kappa shape index (κ3) is 5.54. The van der Waals surface area contributed by atoms with Crippen molar-refractivity contribution in [2.24, 2.45) is 0 Å². The molecule has 0 bridgehead atoms. The van der Waals surface area contributed by atoms with E-state index in [1.165, 1.54) is 6.07 Å². The van der Waals surface area contributed by atoms with Crippen LogP contribution in [0, 0.1) is 5.82 Å². The maximum Gasteiger partial charge on any atom is 0.221 e. The standard InChI is InChI=1S/C16H17BrFN3O/c17-14-8-12(3-4-15(14)18)9-20-7-5-16(22)21-11-13-2-1-6-19-10-13/h1-4,6,8,10,20H,5,7,9,11H2,(H,21,22). The summed E-state index contributed by atoms with van der Waals surface area (Å²) in [6, 6.07) is 8.61. The van der Waals surface area contributed by atoms with Gasteiger partial charge in [0.25, 0.3) is 0 Å². The van der Waals surface area contributed by atoms with Gasteiger partial charge in [-0.25, -0.2) is 4.39 Å². The summed E-state index contributed by atoms with van der Waals surface area (Å²) < 4.78 is 13.5. The van der Waals surface area contributed by atoms with Gasteiger partial charge in [0.15, 0.2) is 0 Å². The zero-order chi connectivity index (χ0) is 15.8. The number of hydrogen-bond donors (Lipinski definition) is 2. The Labute approximate surface area is 137 Å². The fourth-order valence-electron chi connectivity index (χ4n) is 1.88. The number of amides is 1. The van der Waals surface area contributed by atoms with Crippen LogP contribution in [0.3, 0.4) is 0 Å². The highest BCUT2D eigenvalue weighted by atomic mass is 79.9. The molecule has 1 heterocycles. The predicted octanol–water partition coefficient (Wildman–Crippen LogP) is 2.78. The average molecular weight is 366 g/mol. The van der Waals surface area contributed by atoms with Crippen molar-refractivity contribution in [3.63, 3.8) is 0 Å². The Morgan fingerprint density at radius 3 is 2.82 bits per heavy atom. The van der Waals surface area contributed by atoms with E-state index in [0.29, 0.717) is 30.5 Å². The quantitative estimate of drug-likeness (QED) is 0.741. The van der Waals surface area contributed by atoms with Gasteiger partial charge in [-0.3, -0.25) is 9.78 Å². The van der Waals surface area contributed by atoms with Crippen LogP contribution in [-0.4, -0.2) is 17.4 Å². The van der Waals surface area contributed by atoms with E-state index >= 15 is 0 Å². The molecule has 1 amide bonds. The first-order chi connectivity index (χ1) is 10.6. The van der Waals surface area contributed by atoms with Crippen LogP contribution in [0.1, 0.15) is 17.5 Å². The van der Waals surface area contributed by atoms with Gasteiger partial charge in [0.1, 0.15) is 5.82 Å². The molecule has 1 aromatic carbocycles. The van der Waals surface area contributed by atoms with E-state index in [1.807, 2.05) is 12.1 Å². The minimum absolute atomic E-state index is 0.0170. The van der Waals surface area contributed by atoms with Crippen molar-refractivity contribution in [1.82, 2.24) is 15.6 Å². The average Bonchev–Trinajstić information content (AvgIpc) is 2.54.